The number of hydrogen-bond donors (Lipinski definition) is 7. The minimum atomic E-state index is -4.85. The predicted octanol–water partition coefficient (Wildman–Crippen LogP) is 15.0. The summed E-state index contributed by atoms with van der Waals surface area (Å²) in [5.74, 6) is -0.832. The fourth-order valence-electron chi connectivity index (χ4n) is 16.4. The zero-order chi connectivity index (χ0) is 99.6. The van der Waals surface area contributed by atoms with Gasteiger partial charge in [0.25, 0.3) is 17.7 Å². The Morgan fingerprint density at radius 2 is 0.906 bits per heavy atom. The lowest BCUT2D eigenvalue weighted by atomic mass is 9.84. The SMILES string of the molecule is C.C.COc1cc(C(=O)NC2CCN(CC3CC3)CC2)ccc1Nc1ncc(C(F)(F)F)c(CCc2ccc(C)cc2N(C)S(C)(=O)=O)n1.COc1cc(C(=O)N[C@H]2CN3CCC2CC3)ccc1Nc1ncc(C(F)(F)F)c(CCc2ccc(C)cc2N(C)S(C)(=O)=O)n1.COc1ccc(CNc2nc(Nc3cc(F)c(C(=O)N[C@H]4CCN(C)C4)cc3OC)ncc2C(F)(F)F)c(N(C)S(C)(=O)=O)c1. The lowest BCUT2D eigenvalue weighted by Gasteiger charge is -2.44. The second kappa shape index (κ2) is 45.8. The first kappa shape index (κ1) is 109. The molecule has 139 heavy (non-hydrogen) atoms. The average molecular weight is 2010 g/mol. The fraction of sp³-hybridized carbons (Fsp3) is 0.457. The van der Waals surface area contributed by atoms with E-state index in [1.165, 1.54) is 86.7 Å². The first-order valence-electron chi connectivity index (χ1n) is 43.9. The van der Waals surface area contributed by atoms with Gasteiger partial charge in [0, 0.05) is 120 Å². The third kappa shape index (κ3) is 28.8. The van der Waals surface area contributed by atoms with Gasteiger partial charge in [0.2, 0.25) is 47.9 Å². The van der Waals surface area contributed by atoms with E-state index in [9.17, 15) is 79.2 Å². The van der Waals surface area contributed by atoms with E-state index < -0.39 is 82.8 Å². The zero-order valence-corrected chi connectivity index (χ0v) is 80.2. The van der Waals surface area contributed by atoms with E-state index in [1.807, 2.05) is 11.9 Å². The smallest absolute Gasteiger partial charge is 0.421 e. The molecule has 1 aliphatic carbocycles. The number of alkyl halides is 9. The molecular formula is C94H119F10N19O13S3. The second-order valence-electron chi connectivity index (χ2n) is 34.5. The van der Waals surface area contributed by atoms with E-state index in [0.29, 0.717) is 86.5 Å². The largest absolute Gasteiger partial charge is 0.497 e. The number of halogens is 10. The maximum Gasteiger partial charge on any atom is 0.421 e. The van der Waals surface area contributed by atoms with Gasteiger partial charge in [-0.15, -0.1) is 0 Å². The number of aromatic nitrogens is 6. The Morgan fingerprint density at radius 1 is 0.468 bits per heavy atom. The molecule has 45 heteroatoms. The van der Waals surface area contributed by atoms with Crippen molar-refractivity contribution >= 4 is 106 Å². The number of aryl methyl sites for hydroxylation is 6. The van der Waals surface area contributed by atoms with Gasteiger partial charge in [-0.1, -0.05) is 45.2 Å². The third-order valence-electron chi connectivity index (χ3n) is 24.5. The van der Waals surface area contributed by atoms with Crippen LogP contribution in [-0.4, -0.2) is 233 Å². The zero-order valence-electron chi connectivity index (χ0n) is 77.8. The summed E-state index contributed by atoms with van der Waals surface area (Å²) in [5.41, 5.74) is 1.61. The van der Waals surface area contributed by atoms with Gasteiger partial charge in [0.05, 0.1) is 109 Å². The summed E-state index contributed by atoms with van der Waals surface area (Å²) in [6, 6.07) is 26.6. The maximum atomic E-state index is 15.1. The minimum Gasteiger partial charge on any atom is -0.497 e. The molecule has 15 rings (SSSR count). The monoisotopic (exact) mass is 2010 g/mol. The number of hydrogen-bond acceptors (Lipinski definition) is 26. The van der Waals surface area contributed by atoms with Gasteiger partial charge >= 0.3 is 18.5 Å². The Kier molecular flexibility index (Phi) is 35.9. The highest BCUT2D eigenvalue weighted by atomic mass is 32.2. The molecule has 6 aliphatic rings. The molecule has 2 bridgehead atoms. The van der Waals surface area contributed by atoms with Crippen molar-refractivity contribution in [3.05, 3.63) is 200 Å². The highest BCUT2D eigenvalue weighted by Gasteiger charge is 2.41. The standard InChI is InChI=1S/C33H41F3N6O4S.C31H37F3N6O4S.C28H33F4N7O5S.2CH4/c1-21-5-8-23(29(17-21)41(2)47(4,44)45)9-11-27-26(33(34,35)36)19-37-32(39-27)40-28-12-10-24(18-30(28)46-3)31(43)38-25-13-15-42(16-14-25)20-22-6-7-22;1-19-5-6-21(27(15-19)39(2)45(4,42)43)7-9-24-23(31(32,33)34)17-35-30(37-24)38-25-10-8-22(16-28(25)44-3)29(41)36-26-18-40-13-11-20(26)12-14-40;1-38-9-8-17(15-38)35-26(40)19-11-24(44-4)22(12-21(19)29)36-27-34-14-20(28(30,31)32)25(37-27)33-13-16-6-7-18(43-3)10-23(16)39(2)45(5,41)42;;/h5,8,10,12,17-19,22,25H,6-7,9,11,13-16,20H2,1-4H3,(H,38,43)(H,37,39,40);5-6,8,10,15-17,20,26H,7,9,11-14,18H2,1-4H3,(H,36,41)(H,35,37,38);6-7,10-12,14,17H,8-9,13,15H2,1-5H3,(H,35,40)(H2,33,34,36,37);2*1H4/t;26-;17-;;/m.00../s1. The van der Waals surface area contributed by atoms with Crippen LogP contribution in [0.1, 0.15) is 147 Å². The topological polar surface area (TPSA) is 372 Å². The number of sulfonamides is 3. The minimum absolute atomic E-state index is 0. The number of anilines is 10. The Bertz CT molecular complexity index is 6230. The van der Waals surface area contributed by atoms with Gasteiger partial charge in [-0.05, 0) is 211 Å². The van der Waals surface area contributed by atoms with E-state index in [0.717, 1.165) is 145 Å². The first-order valence-corrected chi connectivity index (χ1v) is 49.4. The molecule has 9 aromatic rings. The van der Waals surface area contributed by atoms with Crippen molar-refractivity contribution in [1.29, 1.82) is 0 Å². The highest BCUT2D eigenvalue weighted by molar-refractivity contribution is 7.92. The number of nitrogens with one attached hydrogen (secondary N) is 7. The van der Waals surface area contributed by atoms with Gasteiger partial charge in [-0.25, -0.2) is 54.6 Å². The number of likely N-dealkylation sites (N-methyl/N-ethyl adjacent to an activating group) is 1. The Morgan fingerprint density at radius 3 is 1.35 bits per heavy atom. The number of ether oxygens (including phenoxy) is 4. The van der Waals surface area contributed by atoms with Crippen molar-refractivity contribution < 1.29 is 102 Å². The molecule has 6 fully saturated rings. The van der Waals surface area contributed by atoms with Crippen LogP contribution in [0.5, 0.6) is 23.0 Å². The van der Waals surface area contributed by atoms with E-state index >= 15 is 4.39 Å². The Labute approximate surface area is 803 Å². The number of likely N-dealkylation sites (tertiary alicyclic amines) is 2. The van der Waals surface area contributed by atoms with Gasteiger partial charge in [0.15, 0.2) is 0 Å². The molecule has 5 saturated heterocycles. The van der Waals surface area contributed by atoms with E-state index in [2.05, 4.69) is 76.9 Å². The summed E-state index contributed by atoms with van der Waals surface area (Å²) in [5, 5.41) is 20.2. The number of benzene rings is 6. The van der Waals surface area contributed by atoms with E-state index in [4.69, 9.17) is 18.9 Å². The predicted molar refractivity (Wildman–Crippen MR) is 514 cm³/mol. The van der Waals surface area contributed by atoms with Crippen molar-refractivity contribution in [2.45, 2.75) is 143 Å². The number of fused-ring (bicyclic) bond motifs is 3. The molecular weight excluding hydrogens is 1890 g/mol. The molecule has 3 amide bonds. The molecule has 1 saturated carbocycles. The van der Waals surface area contributed by atoms with Crippen LogP contribution in [0.15, 0.2) is 122 Å². The molecule has 5 aliphatic heterocycles. The number of rotatable bonds is 33. The van der Waals surface area contributed by atoms with E-state index in [1.54, 1.807) is 86.6 Å². The highest BCUT2D eigenvalue weighted by Crippen LogP contribution is 2.42. The van der Waals surface area contributed by atoms with Gasteiger partial charge in [-0.3, -0.25) is 27.3 Å². The summed E-state index contributed by atoms with van der Waals surface area (Å²) in [4.78, 5) is 69.7. The van der Waals surface area contributed by atoms with Crippen LogP contribution in [0.2, 0.25) is 0 Å². The van der Waals surface area contributed by atoms with Gasteiger partial charge in [-0.2, -0.15) is 44.5 Å². The number of carbonyl (C=O) groups is 3. The van der Waals surface area contributed by atoms with Crippen LogP contribution in [0.4, 0.5) is 102 Å². The van der Waals surface area contributed by atoms with Crippen LogP contribution >= 0.6 is 0 Å². The van der Waals surface area contributed by atoms with Crippen molar-refractivity contribution in [1.82, 2.24) is 60.6 Å². The fourth-order valence-corrected chi connectivity index (χ4v) is 18.0. The number of nitrogens with zero attached hydrogens (tertiary/aromatic N) is 12. The van der Waals surface area contributed by atoms with Crippen LogP contribution in [0, 0.1) is 31.5 Å². The summed E-state index contributed by atoms with van der Waals surface area (Å²) in [6.07, 6.45) is -1.92. The Balaban J connectivity index is 0.000000213. The van der Waals surface area contributed by atoms with Crippen LogP contribution in [0.3, 0.4) is 0 Å². The Hall–Kier alpha value is -12.2. The number of amides is 3. The molecule has 6 aromatic carbocycles. The molecule has 7 N–H and O–H groups in total. The van der Waals surface area contributed by atoms with Crippen LogP contribution in [0.25, 0.3) is 0 Å². The average Bonchev–Trinajstić information content (AvgIpc) is 1.62. The molecule has 8 heterocycles. The number of carbonyl (C=O) groups excluding carboxylic acids is 3. The molecule has 0 unspecified atom stereocenters. The van der Waals surface area contributed by atoms with Gasteiger partial charge < -0.3 is 70.9 Å². The van der Waals surface area contributed by atoms with E-state index in [-0.39, 0.29) is 129 Å². The molecule has 32 nitrogen and oxygen atoms in total. The third-order valence-corrected chi connectivity index (χ3v) is 28.0. The first-order chi connectivity index (χ1) is 64.5. The molecule has 0 spiro atoms. The molecule has 2 atom stereocenters. The van der Waals surface area contributed by atoms with Crippen molar-refractivity contribution in [2.24, 2.45) is 11.8 Å². The van der Waals surface area contributed by atoms with Crippen LogP contribution in [-0.2, 0) is 80.8 Å². The van der Waals surface area contributed by atoms with Crippen molar-refractivity contribution in [3.8, 4) is 23.0 Å². The lowest BCUT2D eigenvalue weighted by Crippen LogP contribution is -2.57. The van der Waals surface area contributed by atoms with Gasteiger partial charge in [0.1, 0.15) is 40.2 Å². The number of methoxy groups -OCH3 is 4. The second-order valence-corrected chi connectivity index (χ2v) is 40.6. The molecule has 756 valence electrons. The lowest BCUT2D eigenvalue weighted by molar-refractivity contribution is -0.139. The van der Waals surface area contributed by atoms with Crippen LogP contribution < -0.4 is 69.1 Å². The summed E-state index contributed by atoms with van der Waals surface area (Å²) < 4.78 is 239. The molecule has 3 aromatic heterocycles. The normalized spacial score (nSPS) is 16.8. The summed E-state index contributed by atoms with van der Waals surface area (Å²) in [6.45, 7) is 10.8. The molecule has 0 radical (unpaired) electrons. The van der Waals surface area contributed by atoms with Crippen molar-refractivity contribution in [3.63, 3.8) is 0 Å². The summed E-state index contributed by atoms with van der Waals surface area (Å²) in [7, 11) is 0.646. The van der Waals surface area contributed by atoms with Crippen molar-refractivity contribution in [2.75, 3.05) is 162 Å². The quantitative estimate of drug-likeness (QED) is 0.0188. The maximum absolute atomic E-state index is 15.1. The summed E-state index contributed by atoms with van der Waals surface area (Å²) >= 11 is 0. The number of piperidine rings is 4.